The topological polar surface area (TPSA) is 63.0 Å². The molecule has 2 heterocycles. The highest BCUT2D eigenvalue weighted by Gasteiger charge is 2.22. The fourth-order valence-electron chi connectivity index (χ4n) is 3.51. The molecule has 0 amide bonds. The second-order valence-corrected chi connectivity index (χ2v) is 6.59. The summed E-state index contributed by atoms with van der Waals surface area (Å²) in [6, 6.07) is 14.4. The number of fused-ring (bicyclic) bond motifs is 1. The summed E-state index contributed by atoms with van der Waals surface area (Å²) in [5, 5.41) is 22.2. The standard InChI is InChI=1S/C19H22N4O/c1-23-18-9-8-15(11-17(18)21-22-23)13-4-6-14(7-5-13)19(24)16-3-2-10-20-12-16/h4-9,11,16,19-20,24H,2-3,10,12H2,1H3. The van der Waals surface area contributed by atoms with Crippen molar-refractivity contribution in [3.63, 3.8) is 0 Å². The molecule has 1 aromatic heterocycles. The van der Waals surface area contributed by atoms with Gasteiger partial charge in [-0.1, -0.05) is 35.5 Å². The number of benzene rings is 2. The predicted octanol–water partition coefficient (Wildman–Crippen LogP) is 2.67. The van der Waals surface area contributed by atoms with Gasteiger partial charge in [0, 0.05) is 19.5 Å². The first-order valence-electron chi connectivity index (χ1n) is 8.51. The van der Waals surface area contributed by atoms with Gasteiger partial charge in [-0.15, -0.1) is 5.10 Å². The lowest BCUT2D eigenvalue weighted by Gasteiger charge is -2.27. The van der Waals surface area contributed by atoms with Gasteiger partial charge in [0.1, 0.15) is 5.52 Å². The van der Waals surface area contributed by atoms with Crippen LogP contribution >= 0.6 is 0 Å². The Kier molecular flexibility index (Phi) is 4.04. The van der Waals surface area contributed by atoms with E-state index in [9.17, 15) is 5.11 Å². The monoisotopic (exact) mass is 322 g/mol. The molecule has 0 aliphatic carbocycles. The minimum atomic E-state index is -0.394. The van der Waals surface area contributed by atoms with E-state index in [1.54, 1.807) is 4.68 Å². The number of aromatic nitrogens is 3. The first kappa shape index (κ1) is 15.3. The van der Waals surface area contributed by atoms with Crippen molar-refractivity contribution < 1.29 is 5.11 Å². The molecule has 1 fully saturated rings. The van der Waals surface area contributed by atoms with Gasteiger partial charge >= 0.3 is 0 Å². The second-order valence-electron chi connectivity index (χ2n) is 6.59. The molecule has 5 heteroatoms. The molecule has 0 bridgehead atoms. The Morgan fingerprint density at radius 1 is 1.17 bits per heavy atom. The average molecular weight is 322 g/mol. The molecule has 2 N–H and O–H groups in total. The molecule has 0 radical (unpaired) electrons. The zero-order chi connectivity index (χ0) is 16.5. The maximum Gasteiger partial charge on any atom is 0.113 e. The summed E-state index contributed by atoms with van der Waals surface area (Å²) >= 11 is 0. The Bertz CT molecular complexity index is 834. The van der Waals surface area contributed by atoms with Crippen LogP contribution in [0.2, 0.25) is 0 Å². The number of hydrogen-bond acceptors (Lipinski definition) is 4. The van der Waals surface area contributed by atoms with E-state index in [2.05, 4.69) is 39.9 Å². The van der Waals surface area contributed by atoms with Gasteiger partial charge in [-0.2, -0.15) is 0 Å². The molecule has 2 aromatic carbocycles. The number of hydrogen-bond donors (Lipinski definition) is 2. The Hall–Kier alpha value is -2.24. The Morgan fingerprint density at radius 2 is 1.96 bits per heavy atom. The van der Waals surface area contributed by atoms with Gasteiger partial charge < -0.3 is 10.4 Å². The molecule has 5 nitrogen and oxygen atoms in total. The normalized spacial score (nSPS) is 19.5. The first-order valence-corrected chi connectivity index (χ1v) is 8.51. The summed E-state index contributed by atoms with van der Waals surface area (Å²) < 4.78 is 1.77. The van der Waals surface area contributed by atoms with E-state index >= 15 is 0 Å². The van der Waals surface area contributed by atoms with Crippen molar-refractivity contribution in [3.8, 4) is 11.1 Å². The number of nitrogens with one attached hydrogen (secondary N) is 1. The lowest BCUT2D eigenvalue weighted by Crippen LogP contribution is -2.33. The molecule has 4 rings (SSSR count). The Morgan fingerprint density at radius 3 is 2.71 bits per heavy atom. The van der Waals surface area contributed by atoms with Crippen molar-refractivity contribution in [2.24, 2.45) is 13.0 Å². The summed E-state index contributed by atoms with van der Waals surface area (Å²) in [5.74, 6) is 0.306. The van der Waals surface area contributed by atoms with Gasteiger partial charge in [0.25, 0.3) is 0 Å². The Balaban J connectivity index is 1.57. The molecule has 1 saturated heterocycles. The molecule has 0 spiro atoms. The smallest absolute Gasteiger partial charge is 0.113 e. The fraction of sp³-hybridized carbons (Fsp3) is 0.368. The molecular formula is C19H22N4O. The van der Waals surface area contributed by atoms with Crippen LogP contribution in [0.25, 0.3) is 22.2 Å². The zero-order valence-electron chi connectivity index (χ0n) is 13.8. The molecule has 0 saturated carbocycles. The SMILES string of the molecule is Cn1nnc2cc(-c3ccc(C(O)C4CCCNC4)cc3)ccc21. The van der Waals surface area contributed by atoms with Crippen molar-refractivity contribution in [3.05, 3.63) is 48.0 Å². The average Bonchev–Trinajstić information content (AvgIpc) is 3.02. The van der Waals surface area contributed by atoms with Crippen LogP contribution in [0.15, 0.2) is 42.5 Å². The lowest BCUT2D eigenvalue weighted by atomic mass is 9.89. The second kappa shape index (κ2) is 6.34. The van der Waals surface area contributed by atoms with Crippen molar-refractivity contribution in [1.82, 2.24) is 20.3 Å². The number of rotatable bonds is 3. The summed E-state index contributed by atoms with van der Waals surface area (Å²) in [6.45, 7) is 1.96. The van der Waals surface area contributed by atoms with Crippen molar-refractivity contribution in [1.29, 1.82) is 0 Å². The van der Waals surface area contributed by atoms with Gasteiger partial charge in [-0.25, -0.2) is 4.68 Å². The lowest BCUT2D eigenvalue weighted by molar-refractivity contribution is 0.0922. The summed E-state index contributed by atoms with van der Waals surface area (Å²) in [4.78, 5) is 0. The number of nitrogens with zero attached hydrogens (tertiary/aromatic N) is 3. The van der Waals surface area contributed by atoms with Crippen LogP contribution in [-0.2, 0) is 7.05 Å². The van der Waals surface area contributed by atoms with Crippen molar-refractivity contribution in [2.75, 3.05) is 13.1 Å². The van der Waals surface area contributed by atoms with Crippen LogP contribution in [0.5, 0.6) is 0 Å². The van der Waals surface area contributed by atoms with Gasteiger partial charge in [0.15, 0.2) is 0 Å². The minimum absolute atomic E-state index is 0.306. The van der Waals surface area contributed by atoms with Crippen LogP contribution in [0, 0.1) is 5.92 Å². The van der Waals surface area contributed by atoms with Crippen LogP contribution in [0.3, 0.4) is 0 Å². The molecule has 1 aliphatic heterocycles. The number of piperidine rings is 1. The number of aryl methyl sites for hydroxylation is 1. The highest BCUT2D eigenvalue weighted by atomic mass is 16.3. The quantitative estimate of drug-likeness (QED) is 0.778. The molecule has 1 aliphatic rings. The van der Waals surface area contributed by atoms with E-state index in [0.29, 0.717) is 5.92 Å². The van der Waals surface area contributed by atoms with Crippen LogP contribution in [0.1, 0.15) is 24.5 Å². The van der Waals surface area contributed by atoms with E-state index < -0.39 is 6.10 Å². The molecular weight excluding hydrogens is 300 g/mol. The van der Waals surface area contributed by atoms with Crippen molar-refractivity contribution >= 4 is 11.0 Å². The number of aliphatic hydroxyl groups is 1. The minimum Gasteiger partial charge on any atom is -0.388 e. The fourth-order valence-corrected chi connectivity index (χ4v) is 3.51. The van der Waals surface area contributed by atoms with Gasteiger partial charge in [0.2, 0.25) is 0 Å². The maximum absolute atomic E-state index is 10.6. The molecule has 24 heavy (non-hydrogen) atoms. The third-order valence-electron chi connectivity index (χ3n) is 4.98. The van der Waals surface area contributed by atoms with Gasteiger partial charge in [-0.05, 0) is 48.2 Å². The van der Waals surface area contributed by atoms with E-state index in [1.807, 2.05) is 25.2 Å². The largest absolute Gasteiger partial charge is 0.388 e. The first-order chi connectivity index (χ1) is 11.7. The highest BCUT2D eigenvalue weighted by Crippen LogP contribution is 2.29. The van der Waals surface area contributed by atoms with Crippen LogP contribution < -0.4 is 5.32 Å². The third-order valence-corrected chi connectivity index (χ3v) is 4.98. The van der Waals surface area contributed by atoms with E-state index in [4.69, 9.17) is 0 Å². The van der Waals surface area contributed by atoms with Crippen LogP contribution in [-0.4, -0.2) is 33.2 Å². The van der Waals surface area contributed by atoms with Gasteiger partial charge in [-0.3, -0.25) is 0 Å². The maximum atomic E-state index is 10.6. The molecule has 2 unspecified atom stereocenters. The van der Waals surface area contributed by atoms with Gasteiger partial charge in [0.05, 0.1) is 11.6 Å². The number of aliphatic hydroxyl groups excluding tert-OH is 1. The Labute approximate surface area is 141 Å². The summed E-state index contributed by atoms with van der Waals surface area (Å²) in [5.41, 5.74) is 5.15. The third kappa shape index (κ3) is 2.81. The van der Waals surface area contributed by atoms with Crippen LogP contribution in [0.4, 0.5) is 0 Å². The highest BCUT2D eigenvalue weighted by molar-refractivity contribution is 5.81. The van der Waals surface area contributed by atoms with E-state index in [1.165, 1.54) is 0 Å². The summed E-state index contributed by atoms with van der Waals surface area (Å²) in [7, 11) is 1.89. The molecule has 3 aromatic rings. The molecule has 124 valence electrons. The van der Waals surface area contributed by atoms with Crippen molar-refractivity contribution in [2.45, 2.75) is 18.9 Å². The summed E-state index contributed by atoms with van der Waals surface area (Å²) in [6.07, 6.45) is 1.83. The van der Waals surface area contributed by atoms with E-state index in [-0.39, 0.29) is 0 Å². The zero-order valence-corrected chi connectivity index (χ0v) is 13.8. The van der Waals surface area contributed by atoms with E-state index in [0.717, 1.165) is 53.7 Å². The predicted molar refractivity (Wildman–Crippen MR) is 94.5 cm³/mol. The molecule has 2 atom stereocenters.